The van der Waals surface area contributed by atoms with Crippen LogP contribution in [0, 0.1) is 0 Å². The van der Waals surface area contributed by atoms with Crippen molar-refractivity contribution in [1.29, 1.82) is 0 Å². The van der Waals surface area contributed by atoms with Gasteiger partial charge in [0.2, 0.25) is 5.91 Å². The monoisotopic (exact) mass is 392 g/mol. The van der Waals surface area contributed by atoms with E-state index < -0.39 is 27.7 Å². The normalized spacial score (nSPS) is 29.7. The highest BCUT2D eigenvalue weighted by molar-refractivity contribution is 8.02. The van der Waals surface area contributed by atoms with Gasteiger partial charge in [0.05, 0.1) is 5.41 Å². The molecule has 26 heavy (non-hydrogen) atoms. The van der Waals surface area contributed by atoms with Crippen LogP contribution in [0.4, 0.5) is 0 Å². The molecule has 3 atom stereocenters. The maximum absolute atomic E-state index is 13.1. The molecule has 0 aromatic heterocycles. The SMILES string of the molecule is CC(C)(C(=O)N[C@@]1(C)C(=S)N2[C@@H](C(=O)O)C(C)(C)S[C@@H]21)c1ccccc1. The molecule has 0 saturated carbocycles. The zero-order valence-electron chi connectivity index (χ0n) is 15.6. The predicted molar refractivity (Wildman–Crippen MR) is 107 cm³/mol. The number of nitrogens with one attached hydrogen (secondary N) is 1. The Bertz CT molecular complexity index is 778. The first kappa shape index (κ1) is 19.2. The number of aliphatic carboxylic acids is 1. The van der Waals surface area contributed by atoms with E-state index in [-0.39, 0.29) is 11.3 Å². The molecule has 0 unspecified atom stereocenters. The molecule has 0 aliphatic carbocycles. The van der Waals surface area contributed by atoms with E-state index in [2.05, 4.69) is 5.32 Å². The Balaban J connectivity index is 1.84. The fourth-order valence-electron chi connectivity index (χ4n) is 3.72. The van der Waals surface area contributed by atoms with Crippen LogP contribution in [-0.2, 0) is 15.0 Å². The van der Waals surface area contributed by atoms with Crippen molar-refractivity contribution in [3.05, 3.63) is 35.9 Å². The second-order valence-electron chi connectivity index (χ2n) is 8.17. The Morgan fingerprint density at radius 2 is 1.81 bits per heavy atom. The second-order valence-corrected chi connectivity index (χ2v) is 10.3. The number of rotatable bonds is 4. The van der Waals surface area contributed by atoms with Crippen molar-refractivity contribution in [2.45, 2.75) is 61.7 Å². The van der Waals surface area contributed by atoms with Gasteiger partial charge in [0.1, 0.15) is 21.9 Å². The highest BCUT2D eigenvalue weighted by Crippen LogP contribution is 2.55. The number of carboxylic acid groups (broad SMARTS) is 1. The molecule has 0 bridgehead atoms. The van der Waals surface area contributed by atoms with Gasteiger partial charge in [-0.1, -0.05) is 42.5 Å². The Morgan fingerprint density at radius 3 is 2.35 bits per heavy atom. The summed E-state index contributed by atoms with van der Waals surface area (Å²) in [6, 6.07) is 8.92. The predicted octanol–water partition coefficient (Wildman–Crippen LogP) is 2.79. The zero-order valence-corrected chi connectivity index (χ0v) is 17.2. The number of thiocarbonyl (C=S) groups is 1. The largest absolute Gasteiger partial charge is 0.480 e. The summed E-state index contributed by atoms with van der Waals surface area (Å²) in [4.78, 5) is 27.1. The van der Waals surface area contributed by atoms with Crippen LogP contribution < -0.4 is 5.32 Å². The molecule has 2 aliphatic heterocycles. The quantitative estimate of drug-likeness (QED) is 0.768. The Labute approximate surface area is 163 Å². The highest BCUT2D eigenvalue weighted by Gasteiger charge is 2.67. The average molecular weight is 393 g/mol. The molecule has 1 aromatic rings. The molecule has 2 aliphatic rings. The Hall–Kier alpha value is -1.60. The number of hydrogen-bond acceptors (Lipinski definition) is 4. The van der Waals surface area contributed by atoms with Crippen LogP contribution in [0.15, 0.2) is 30.3 Å². The molecule has 7 heteroatoms. The molecule has 2 saturated heterocycles. The van der Waals surface area contributed by atoms with Crippen LogP contribution in [0.2, 0.25) is 0 Å². The minimum absolute atomic E-state index is 0.120. The van der Waals surface area contributed by atoms with E-state index in [9.17, 15) is 14.7 Å². The summed E-state index contributed by atoms with van der Waals surface area (Å²) in [5.74, 6) is -1.00. The number of nitrogens with zero attached hydrogens (tertiary/aromatic N) is 1. The molecule has 0 spiro atoms. The minimum Gasteiger partial charge on any atom is -0.480 e. The van der Waals surface area contributed by atoms with Gasteiger partial charge in [-0.15, -0.1) is 11.8 Å². The molecule has 3 rings (SSSR count). The van der Waals surface area contributed by atoms with Gasteiger partial charge in [0, 0.05) is 4.75 Å². The third-order valence-corrected chi connectivity index (χ3v) is 7.84. The van der Waals surface area contributed by atoms with Crippen LogP contribution >= 0.6 is 24.0 Å². The van der Waals surface area contributed by atoms with Gasteiger partial charge in [0.15, 0.2) is 0 Å². The van der Waals surface area contributed by atoms with Gasteiger partial charge in [0.25, 0.3) is 0 Å². The number of fused-ring (bicyclic) bond motifs is 1. The first-order chi connectivity index (χ1) is 11.9. The maximum Gasteiger partial charge on any atom is 0.327 e. The van der Waals surface area contributed by atoms with E-state index in [1.54, 1.807) is 16.7 Å². The summed E-state index contributed by atoms with van der Waals surface area (Å²) < 4.78 is -0.488. The van der Waals surface area contributed by atoms with Crippen LogP contribution in [0.3, 0.4) is 0 Å². The van der Waals surface area contributed by atoms with Crippen molar-refractivity contribution in [3.63, 3.8) is 0 Å². The number of carbonyl (C=O) groups excluding carboxylic acids is 1. The summed E-state index contributed by atoms with van der Waals surface area (Å²) in [5, 5.41) is 12.6. The number of thioether (sulfide) groups is 1. The number of benzene rings is 1. The van der Waals surface area contributed by atoms with Crippen molar-refractivity contribution in [2.24, 2.45) is 0 Å². The van der Waals surface area contributed by atoms with Gasteiger partial charge < -0.3 is 15.3 Å². The minimum atomic E-state index is -0.884. The van der Waals surface area contributed by atoms with Crippen molar-refractivity contribution < 1.29 is 14.7 Å². The summed E-state index contributed by atoms with van der Waals surface area (Å²) in [6.07, 6.45) is 0. The molecule has 1 aromatic carbocycles. The molecule has 0 radical (unpaired) electrons. The lowest BCUT2D eigenvalue weighted by atomic mass is 9.81. The molecule has 5 nitrogen and oxygen atoms in total. The van der Waals surface area contributed by atoms with Crippen molar-refractivity contribution in [2.75, 3.05) is 0 Å². The first-order valence-corrected chi connectivity index (χ1v) is 9.83. The molecule has 140 valence electrons. The highest BCUT2D eigenvalue weighted by atomic mass is 32.2. The molecule has 1 amide bonds. The van der Waals surface area contributed by atoms with Crippen LogP contribution in [0.5, 0.6) is 0 Å². The Morgan fingerprint density at radius 1 is 1.23 bits per heavy atom. The van der Waals surface area contributed by atoms with Crippen LogP contribution in [0.1, 0.15) is 40.2 Å². The van der Waals surface area contributed by atoms with E-state index in [0.29, 0.717) is 4.99 Å². The van der Waals surface area contributed by atoms with E-state index in [4.69, 9.17) is 12.2 Å². The fourth-order valence-corrected chi connectivity index (χ4v) is 5.90. The number of amides is 1. The van der Waals surface area contributed by atoms with Crippen molar-refractivity contribution in [3.8, 4) is 0 Å². The molecular formula is C19H24N2O3S2. The third kappa shape index (κ3) is 2.63. The van der Waals surface area contributed by atoms with Gasteiger partial charge in [-0.05, 0) is 40.2 Å². The average Bonchev–Trinajstić information content (AvgIpc) is 2.85. The summed E-state index contributed by atoms with van der Waals surface area (Å²) >= 11 is 7.10. The maximum atomic E-state index is 13.1. The standard InChI is InChI=1S/C19H24N2O3S2/c1-17(2,11-9-7-6-8-10-11)14(24)20-19(5)15(25)21-12(13(22)23)18(3,4)26-16(19)21/h6-10,12,16H,1-5H3,(H,20,24)(H,22,23)/t12-,16+,19-/m0/s1. The smallest absolute Gasteiger partial charge is 0.327 e. The van der Waals surface area contributed by atoms with Crippen molar-refractivity contribution >= 4 is 40.8 Å². The second kappa shape index (κ2) is 5.96. The van der Waals surface area contributed by atoms with Gasteiger partial charge in [-0.2, -0.15) is 0 Å². The van der Waals surface area contributed by atoms with Gasteiger partial charge in [-0.3, -0.25) is 4.79 Å². The van der Waals surface area contributed by atoms with Crippen LogP contribution in [0.25, 0.3) is 0 Å². The van der Waals surface area contributed by atoms with Gasteiger partial charge in [-0.25, -0.2) is 4.79 Å². The fraction of sp³-hybridized carbons (Fsp3) is 0.526. The van der Waals surface area contributed by atoms with E-state index in [0.717, 1.165) is 5.56 Å². The topological polar surface area (TPSA) is 69.6 Å². The summed E-state index contributed by atoms with van der Waals surface area (Å²) in [5.41, 5.74) is -0.526. The third-order valence-electron chi connectivity index (χ3n) is 5.45. The first-order valence-electron chi connectivity index (χ1n) is 8.54. The van der Waals surface area contributed by atoms with E-state index in [1.807, 2.05) is 65.0 Å². The lowest BCUT2D eigenvalue weighted by Gasteiger charge is -2.55. The van der Waals surface area contributed by atoms with E-state index >= 15 is 0 Å². The molecule has 2 fully saturated rings. The zero-order chi connectivity index (χ0) is 19.5. The molecule has 2 N–H and O–H groups in total. The molecular weight excluding hydrogens is 368 g/mol. The Kier molecular flexibility index (Phi) is 4.39. The summed E-state index contributed by atoms with van der Waals surface area (Å²) in [6.45, 7) is 9.47. The van der Waals surface area contributed by atoms with Gasteiger partial charge >= 0.3 is 5.97 Å². The lowest BCUT2D eigenvalue weighted by Crippen LogP contribution is -2.78. The van der Waals surface area contributed by atoms with Crippen LogP contribution in [-0.4, -0.2) is 48.6 Å². The number of carbonyl (C=O) groups is 2. The summed E-state index contributed by atoms with van der Waals surface area (Å²) in [7, 11) is 0. The number of hydrogen-bond donors (Lipinski definition) is 2. The lowest BCUT2D eigenvalue weighted by molar-refractivity contribution is -0.143. The molecule has 2 heterocycles. The van der Waals surface area contributed by atoms with Crippen molar-refractivity contribution in [1.82, 2.24) is 10.2 Å². The van der Waals surface area contributed by atoms with E-state index in [1.165, 1.54) is 0 Å². The number of carboxylic acids is 1.